The number of H-pyrrole nitrogens is 1. The van der Waals surface area contributed by atoms with Crippen molar-refractivity contribution in [3.05, 3.63) is 36.5 Å². The highest BCUT2D eigenvalue weighted by atomic mass is 79.9. The maximum Gasteiger partial charge on any atom is 0.328 e. The van der Waals surface area contributed by atoms with Gasteiger partial charge in [-0.05, 0) is 22.4 Å². The summed E-state index contributed by atoms with van der Waals surface area (Å²) in [4.78, 5) is 25.0. The van der Waals surface area contributed by atoms with Crippen LogP contribution in [0.5, 0.6) is 0 Å². The third-order valence-corrected chi connectivity index (χ3v) is 3.70. The van der Waals surface area contributed by atoms with Gasteiger partial charge in [0.1, 0.15) is 5.01 Å². The van der Waals surface area contributed by atoms with E-state index in [0.717, 1.165) is 18.1 Å². The Hall–Kier alpha value is -1.48. The molecule has 0 spiro atoms. The van der Waals surface area contributed by atoms with Crippen LogP contribution in [0.15, 0.2) is 20.3 Å². The number of aromatic nitrogens is 4. The molecule has 0 bridgehead atoms. The number of aromatic amines is 1. The van der Waals surface area contributed by atoms with Crippen molar-refractivity contribution in [1.82, 2.24) is 19.7 Å². The van der Waals surface area contributed by atoms with E-state index in [4.69, 9.17) is 0 Å². The van der Waals surface area contributed by atoms with Gasteiger partial charge in [-0.15, -0.1) is 10.2 Å². The highest BCUT2D eigenvalue weighted by molar-refractivity contribution is 9.10. The van der Waals surface area contributed by atoms with E-state index in [0.29, 0.717) is 9.48 Å². The molecule has 9 heteroatoms. The molecule has 0 aliphatic carbocycles. The molecule has 2 aromatic heterocycles. The molecule has 0 amide bonds. The molecule has 2 N–H and O–H groups in total. The lowest BCUT2D eigenvalue weighted by Crippen LogP contribution is -2.30. The van der Waals surface area contributed by atoms with Crippen molar-refractivity contribution in [2.45, 2.75) is 19.9 Å². The predicted molar refractivity (Wildman–Crippen MR) is 76.8 cm³/mol. The highest BCUT2D eigenvalue weighted by Gasteiger charge is 2.07. The Labute approximate surface area is 120 Å². The van der Waals surface area contributed by atoms with Crippen molar-refractivity contribution in [2.24, 2.45) is 0 Å². The number of hydrogen-bond donors (Lipinski definition) is 2. The first-order chi connectivity index (χ1) is 9.10. The molecule has 2 heterocycles. The van der Waals surface area contributed by atoms with E-state index in [1.165, 1.54) is 22.1 Å². The van der Waals surface area contributed by atoms with Crippen molar-refractivity contribution in [1.29, 1.82) is 0 Å². The Kier molecular flexibility index (Phi) is 4.48. The Morgan fingerprint density at radius 2 is 2.26 bits per heavy atom. The summed E-state index contributed by atoms with van der Waals surface area (Å²) in [5.74, 6) is 0. The van der Waals surface area contributed by atoms with E-state index in [9.17, 15) is 9.59 Å². The molecule has 2 rings (SSSR count). The van der Waals surface area contributed by atoms with Crippen molar-refractivity contribution in [2.75, 3.05) is 11.9 Å². The second-order valence-electron chi connectivity index (χ2n) is 3.79. The molecule has 0 aliphatic heterocycles. The molecule has 0 radical (unpaired) electrons. The molecule has 2 aromatic rings. The minimum atomic E-state index is -0.466. The average molecular weight is 346 g/mol. The van der Waals surface area contributed by atoms with E-state index in [2.05, 4.69) is 43.4 Å². The van der Waals surface area contributed by atoms with Crippen molar-refractivity contribution >= 4 is 32.4 Å². The van der Waals surface area contributed by atoms with Gasteiger partial charge in [0.2, 0.25) is 5.13 Å². The van der Waals surface area contributed by atoms with Gasteiger partial charge >= 0.3 is 5.69 Å². The number of halogens is 1. The van der Waals surface area contributed by atoms with E-state index in [1.54, 1.807) is 0 Å². The zero-order valence-electron chi connectivity index (χ0n) is 10.1. The van der Waals surface area contributed by atoms with Crippen LogP contribution >= 0.6 is 27.3 Å². The number of nitrogens with zero attached hydrogens (tertiary/aromatic N) is 3. The van der Waals surface area contributed by atoms with Gasteiger partial charge in [0.05, 0.1) is 11.0 Å². The molecule has 7 nitrogen and oxygen atoms in total. The summed E-state index contributed by atoms with van der Waals surface area (Å²) >= 11 is 4.47. The van der Waals surface area contributed by atoms with Crippen LogP contribution in [0.3, 0.4) is 0 Å². The lowest BCUT2D eigenvalue weighted by atomic mass is 10.5. The maximum atomic E-state index is 11.6. The molecule has 102 valence electrons. The van der Waals surface area contributed by atoms with E-state index < -0.39 is 11.2 Å². The fourth-order valence-electron chi connectivity index (χ4n) is 1.37. The van der Waals surface area contributed by atoms with E-state index in [1.807, 2.05) is 0 Å². The summed E-state index contributed by atoms with van der Waals surface area (Å²) in [5.41, 5.74) is -0.907. The standard InChI is InChI=1S/C10H12BrN5O2S/c1-2-3-12-9-15-14-7(19-9)5-16-4-6(11)8(17)13-10(16)18/h4H,2-3,5H2,1H3,(H,12,15)(H,13,17,18). The zero-order chi connectivity index (χ0) is 13.8. The van der Waals surface area contributed by atoms with Crippen LogP contribution in [0.4, 0.5) is 5.13 Å². The summed E-state index contributed by atoms with van der Waals surface area (Å²) in [6, 6.07) is 0. The Morgan fingerprint density at radius 1 is 1.47 bits per heavy atom. The van der Waals surface area contributed by atoms with Crippen molar-refractivity contribution in [3.63, 3.8) is 0 Å². The number of hydrogen-bond acceptors (Lipinski definition) is 6. The van der Waals surface area contributed by atoms with E-state index in [-0.39, 0.29) is 6.54 Å². The molecular weight excluding hydrogens is 334 g/mol. The predicted octanol–water partition coefficient (Wildman–Crippen LogP) is 1.02. The Balaban J connectivity index is 2.17. The molecule has 19 heavy (non-hydrogen) atoms. The fraction of sp³-hybridized carbons (Fsp3) is 0.400. The summed E-state index contributed by atoms with van der Waals surface area (Å²) in [6.45, 7) is 3.17. The summed E-state index contributed by atoms with van der Waals surface area (Å²) < 4.78 is 1.68. The topological polar surface area (TPSA) is 92.7 Å². The van der Waals surface area contributed by atoms with Gasteiger partial charge < -0.3 is 5.32 Å². The molecular formula is C10H12BrN5O2S. The van der Waals surface area contributed by atoms with Crippen LogP contribution in [-0.2, 0) is 6.54 Å². The van der Waals surface area contributed by atoms with Gasteiger partial charge in [0.25, 0.3) is 5.56 Å². The van der Waals surface area contributed by atoms with Crippen LogP contribution in [0.2, 0.25) is 0 Å². The second-order valence-corrected chi connectivity index (χ2v) is 5.71. The zero-order valence-corrected chi connectivity index (χ0v) is 12.5. The third kappa shape index (κ3) is 3.51. The van der Waals surface area contributed by atoms with Crippen LogP contribution in [-0.4, -0.2) is 26.3 Å². The molecule has 0 atom stereocenters. The van der Waals surface area contributed by atoms with Crippen molar-refractivity contribution < 1.29 is 0 Å². The maximum absolute atomic E-state index is 11.6. The van der Waals surface area contributed by atoms with Crippen LogP contribution < -0.4 is 16.6 Å². The summed E-state index contributed by atoms with van der Waals surface area (Å²) in [7, 11) is 0. The van der Waals surface area contributed by atoms with Crippen LogP contribution in [0, 0.1) is 0 Å². The number of anilines is 1. The Bertz CT molecular complexity index is 677. The van der Waals surface area contributed by atoms with E-state index >= 15 is 0 Å². The molecule has 0 unspecified atom stereocenters. The SMILES string of the molecule is CCCNc1nnc(Cn2cc(Br)c(=O)[nH]c2=O)s1. The lowest BCUT2D eigenvalue weighted by molar-refractivity contribution is 0.705. The highest BCUT2D eigenvalue weighted by Crippen LogP contribution is 2.15. The quantitative estimate of drug-likeness (QED) is 0.843. The normalized spacial score (nSPS) is 10.6. The van der Waals surface area contributed by atoms with Crippen LogP contribution in [0.25, 0.3) is 0 Å². The summed E-state index contributed by atoms with van der Waals surface area (Å²) in [5, 5.41) is 12.5. The van der Waals surface area contributed by atoms with Gasteiger partial charge in [0, 0.05) is 12.7 Å². The molecule has 0 saturated heterocycles. The van der Waals surface area contributed by atoms with Gasteiger partial charge in [0.15, 0.2) is 0 Å². The molecule has 0 saturated carbocycles. The minimum Gasteiger partial charge on any atom is -0.360 e. The van der Waals surface area contributed by atoms with Gasteiger partial charge in [-0.25, -0.2) is 4.79 Å². The fourth-order valence-corrected chi connectivity index (χ4v) is 2.48. The first-order valence-electron chi connectivity index (χ1n) is 5.65. The molecule has 0 fully saturated rings. The number of rotatable bonds is 5. The van der Waals surface area contributed by atoms with Gasteiger partial charge in [-0.1, -0.05) is 18.3 Å². The van der Waals surface area contributed by atoms with Crippen LogP contribution in [0.1, 0.15) is 18.4 Å². The minimum absolute atomic E-state index is 0.277. The molecule has 0 aliphatic rings. The van der Waals surface area contributed by atoms with Gasteiger partial charge in [-0.3, -0.25) is 14.3 Å². The largest absolute Gasteiger partial charge is 0.360 e. The third-order valence-electron chi connectivity index (χ3n) is 2.27. The lowest BCUT2D eigenvalue weighted by Gasteiger charge is -2.01. The summed E-state index contributed by atoms with van der Waals surface area (Å²) in [6.07, 6.45) is 2.45. The first kappa shape index (κ1) is 13.9. The Morgan fingerprint density at radius 3 is 3.00 bits per heavy atom. The second kappa shape index (κ2) is 6.11. The first-order valence-corrected chi connectivity index (χ1v) is 7.26. The smallest absolute Gasteiger partial charge is 0.328 e. The van der Waals surface area contributed by atoms with Gasteiger partial charge in [-0.2, -0.15) is 0 Å². The monoisotopic (exact) mass is 345 g/mol. The molecule has 0 aromatic carbocycles. The average Bonchev–Trinajstić information content (AvgIpc) is 2.81. The van der Waals surface area contributed by atoms with Crippen molar-refractivity contribution in [3.8, 4) is 0 Å². The number of nitrogens with one attached hydrogen (secondary N) is 2.